The first-order valence-electron chi connectivity index (χ1n) is 11.0. The van der Waals surface area contributed by atoms with E-state index in [1.165, 1.54) is 16.7 Å². The molecule has 5 nitrogen and oxygen atoms in total. The van der Waals surface area contributed by atoms with E-state index in [-0.39, 0.29) is 6.42 Å². The molecule has 1 heterocycles. The zero-order chi connectivity index (χ0) is 22.3. The molecule has 1 aliphatic carbocycles. The second-order valence-electron chi connectivity index (χ2n) is 8.98. The first-order chi connectivity index (χ1) is 14.2. The van der Waals surface area contributed by atoms with Gasteiger partial charge in [0, 0.05) is 0 Å². The zero-order valence-corrected chi connectivity index (χ0v) is 18.9. The Bertz CT molecular complexity index is 770. The third-order valence-corrected chi connectivity index (χ3v) is 6.20. The quantitative estimate of drug-likeness (QED) is 0.401. The SMILES string of the molecule is CC(C)=CCC/C(C)=C/CC/C(C)=C/CCC1=CC[C@@H](O)[C@@]2(C(N)=O)CC(=O)O[C@@H]12. The van der Waals surface area contributed by atoms with Crippen molar-refractivity contribution < 1.29 is 19.4 Å². The monoisotopic (exact) mass is 415 g/mol. The third-order valence-electron chi connectivity index (χ3n) is 6.20. The molecular weight excluding hydrogens is 378 g/mol. The van der Waals surface area contributed by atoms with Gasteiger partial charge in [-0.15, -0.1) is 0 Å². The van der Waals surface area contributed by atoms with Gasteiger partial charge >= 0.3 is 5.97 Å². The van der Waals surface area contributed by atoms with Crippen molar-refractivity contribution in [3.05, 3.63) is 46.6 Å². The number of amides is 1. The number of allylic oxidation sites excluding steroid dienone is 6. The Kier molecular flexibility index (Phi) is 8.65. The molecule has 0 aromatic carbocycles. The lowest BCUT2D eigenvalue weighted by molar-refractivity contribution is -0.142. The number of nitrogens with two attached hydrogens (primary N) is 1. The van der Waals surface area contributed by atoms with Crippen LogP contribution in [0.3, 0.4) is 0 Å². The van der Waals surface area contributed by atoms with E-state index in [1.54, 1.807) is 0 Å². The highest BCUT2D eigenvalue weighted by atomic mass is 16.6. The predicted molar refractivity (Wildman–Crippen MR) is 119 cm³/mol. The van der Waals surface area contributed by atoms with Gasteiger partial charge in [0.05, 0.1) is 12.5 Å². The van der Waals surface area contributed by atoms with Crippen molar-refractivity contribution in [1.82, 2.24) is 0 Å². The highest BCUT2D eigenvalue weighted by molar-refractivity contribution is 5.91. The molecular formula is C25H37NO4. The van der Waals surface area contributed by atoms with Crippen LogP contribution in [-0.4, -0.2) is 29.2 Å². The summed E-state index contributed by atoms with van der Waals surface area (Å²) in [6.07, 6.45) is 12.9. The van der Waals surface area contributed by atoms with Crippen LogP contribution in [0.5, 0.6) is 0 Å². The summed E-state index contributed by atoms with van der Waals surface area (Å²) in [6, 6.07) is 0. The molecule has 3 atom stereocenters. The van der Waals surface area contributed by atoms with Gasteiger partial charge in [-0.2, -0.15) is 0 Å². The molecule has 2 aliphatic rings. The van der Waals surface area contributed by atoms with E-state index in [0.29, 0.717) is 12.8 Å². The Morgan fingerprint density at radius 2 is 1.73 bits per heavy atom. The Morgan fingerprint density at radius 3 is 2.33 bits per heavy atom. The number of carbonyl (C=O) groups is 2. The summed E-state index contributed by atoms with van der Waals surface area (Å²) >= 11 is 0. The van der Waals surface area contributed by atoms with Crippen LogP contribution in [0, 0.1) is 5.41 Å². The summed E-state index contributed by atoms with van der Waals surface area (Å²) in [6.45, 7) is 8.58. The van der Waals surface area contributed by atoms with Gasteiger partial charge in [-0.25, -0.2) is 0 Å². The van der Waals surface area contributed by atoms with Crippen LogP contribution in [0.1, 0.15) is 79.1 Å². The highest BCUT2D eigenvalue weighted by Crippen LogP contribution is 2.47. The molecule has 5 heteroatoms. The maximum Gasteiger partial charge on any atom is 0.307 e. The van der Waals surface area contributed by atoms with Crippen LogP contribution in [0.4, 0.5) is 0 Å². The Labute approximate surface area is 180 Å². The van der Waals surface area contributed by atoms with Crippen LogP contribution in [0.15, 0.2) is 46.6 Å². The largest absolute Gasteiger partial charge is 0.457 e. The van der Waals surface area contributed by atoms with Crippen LogP contribution < -0.4 is 5.73 Å². The minimum Gasteiger partial charge on any atom is -0.457 e. The molecule has 0 aromatic heterocycles. The number of hydrogen-bond acceptors (Lipinski definition) is 4. The number of primary amides is 1. The molecule has 0 radical (unpaired) electrons. The third kappa shape index (κ3) is 5.94. The van der Waals surface area contributed by atoms with Gasteiger partial charge in [-0.05, 0) is 78.2 Å². The number of carbonyl (C=O) groups excluding carboxylic acids is 2. The number of ether oxygens (including phenoxy) is 1. The molecule has 3 N–H and O–H groups in total. The standard InChI is InChI=1S/C25H37NO4/c1-17(2)8-5-9-18(3)10-6-11-19(4)12-7-13-20-14-15-21(27)25(24(26)29)16-22(28)30-23(20)25/h8,10,12,14,21,23,27H,5-7,9,11,13,15-16H2,1-4H3,(H2,26,29)/b18-10+,19-12+/t21-,23+,25+/m1/s1. The summed E-state index contributed by atoms with van der Waals surface area (Å²) < 4.78 is 5.41. The zero-order valence-electron chi connectivity index (χ0n) is 18.9. The highest BCUT2D eigenvalue weighted by Gasteiger charge is 2.60. The lowest BCUT2D eigenvalue weighted by atomic mass is 9.67. The molecule has 0 saturated carbocycles. The van der Waals surface area contributed by atoms with Gasteiger partial charge in [0.2, 0.25) is 5.91 Å². The molecule has 166 valence electrons. The average Bonchev–Trinajstić information content (AvgIpc) is 3.03. The van der Waals surface area contributed by atoms with Crippen LogP contribution in [0.2, 0.25) is 0 Å². The first kappa shape index (κ1) is 24.1. The number of rotatable bonds is 10. The molecule has 1 saturated heterocycles. The summed E-state index contributed by atoms with van der Waals surface area (Å²) in [7, 11) is 0. The van der Waals surface area contributed by atoms with Crippen LogP contribution in [-0.2, 0) is 14.3 Å². The molecule has 0 aromatic rings. The van der Waals surface area contributed by atoms with Crippen molar-refractivity contribution in [2.45, 2.75) is 91.3 Å². The molecule has 30 heavy (non-hydrogen) atoms. The average molecular weight is 416 g/mol. The summed E-state index contributed by atoms with van der Waals surface area (Å²) in [5.41, 5.74) is 9.28. The van der Waals surface area contributed by atoms with Gasteiger partial charge in [0.25, 0.3) is 0 Å². The predicted octanol–water partition coefficient (Wildman–Crippen LogP) is 4.66. The first-order valence-corrected chi connectivity index (χ1v) is 11.0. The Hall–Kier alpha value is -2.14. The van der Waals surface area contributed by atoms with Crippen molar-refractivity contribution in [2.24, 2.45) is 11.1 Å². The van der Waals surface area contributed by atoms with Gasteiger partial charge in [0.1, 0.15) is 11.5 Å². The summed E-state index contributed by atoms with van der Waals surface area (Å²) in [4.78, 5) is 24.0. The normalized spacial score (nSPS) is 26.7. The van der Waals surface area contributed by atoms with Crippen LogP contribution in [0.25, 0.3) is 0 Å². The summed E-state index contributed by atoms with van der Waals surface area (Å²) in [5, 5.41) is 10.4. The van der Waals surface area contributed by atoms with E-state index < -0.39 is 29.5 Å². The Balaban J connectivity index is 1.86. The summed E-state index contributed by atoms with van der Waals surface area (Å²) in [5.74, 6) is -1.13. The molecule has 0 bridgehead atoms. The van der Waals surface area contributed by atoms with Gasteiger partial charge in [0.15, 0.2) is 0 Å². The molecule has 2 rings (SSSR count). The minimum atomic E-state index is -1.31. The molecule has 0 spiro atoms. The molecule has 1 fully saturated rings. The lowest BCUT2D eigenvalue weighted by Gasteiger charge is -2.38. The van der Waals surface area contributed by atoms with Crippen molar-refractivity contribution in [2.75, 3.05) is 0 Å². The molecule has 0 unspecified atom stereocenters. The molecule has 1 aliphatic heterocycles. The van der Waals surface area contributed by atoms with Crippen molar-refractivity contribution in [1.29, 1.82) is 0 Å². The van der Waals surface area contributed by atoms with Gasteiger partial charge < -0.3 is 15.6 Å². The van der Waals surface area contributed by atoms with E-state index in [0.717, 1.165) is 37.7 Å². The van der Waals surface area contributed by atoms with E-state index in [4.69, 9.17) is 10.5 Å². The fourth-order valence-corrected chi connectivity index (χ4v) is 4.33. The number of esters is 1. The van der Waals surface area contributed by atoms with E-state index in [1.807, 2.05) is 6.08 Å². The van der Waals surface area contributed by atoms with Gasteiger partial charge in [-0.3, -0.25) is 9.59 Å². The maximum absolute atomic E-state index is 12.1. The van der Waals surface area contributed by atoms with E-state index in [2.05, 4.69) is 45.9 Å². The maximum atomic E-state index is 12.1. The van der Waals surface area contributed by atoms with Crippen LogP contribution >= 0.6 is 0 Å². The number of aliphatic hydroxyl groups is 1. The lowest BCUT2D eigenvalue weighted by Crippen LogP contribution is -2.54. The Morgan fingerprint density at radius 1 is 1.13 bits per heavy atom. The van der Waals surface area contributed by atoms with E-state index >= 15 is 0 Å². The smallest absolute Gasteiger partial charge is 0.307 e. The fourth-order valence-electron chi connectivity index (χ4n) is 4.33. The number of hydrogen-bond donors (Lipinski definition) is 2. The molecule has 1 amide bonds. The number of fused-ring (bicyclic) bond motifs is 1. The second-order valence-corrected chi connectivity index (χ2v) is 8.98. The van der Waals surface area contributed by atoms with Gasteiger partial charge in [-0.1, -0.05) is 41.0 Å². The topological polar surface area (TPSA) is 89.6 Å². The fraction of sp³-hybridized carbons (Fsp3) is 0.600. The van der Waals surface area contributed by atoms with Crippen molar-refractivity contribution in [3.63, 3.8) is 0 Å². The van der Waals surface area contributed by atoms with Crippen molar-refractivity contribution >= 4 is 11.9 Å². The van der Waals surface area contributed by atoms with Crippen molar-refractivity contribution in [3.8, 4) is 0 Å². The minimum absolute atomic E-state index is 0.139. The second kappa shape index (κ2) is 10.8. The van der Waals surface area contributed by atoms with E-state index in [9.17, 15) is 14.7 Å². The number of aliphatic hydroxyl groups excluding tert-OH is 1.